The third-order valence-corrected chi connectivity index (χ3v) is 8.97. The van der Waals surface area contributed by atoms with Crippen molar-refractivity contribution in [2.45, 2.75) is 38.8 Å². The van der Waals surface area contributed by atoms with E-state index in [1.807, 2.05) is 48.7 Å². The maximum Gasteiger partial charge on any atom is 0.247 e. The van der Waals surface area contributed by atoms with E-state index in [1.165, 1.54) is 23.8 Å². The fraction of sp³-hybridized carbons (Fsp3) is 0.250. The largest absolute Gasteiger partial charge is 0.331 e. The standard InChI is InChI=1S/C32H32FN3O3S/c1-23(2)25-10-8-24(9-11-25)20-35(30-18-19-40(38,39)22-30)31(37)17-14-27-21-36(29-6-4-3-5-7-29)34-32(27)26-12-15-28(33)16-13-26/h3-17,21,23,30H,18-20,22H2,1-2H3/b17-14+. The van der Waals surface area contributed by atoms with E-state index >= 15 is 0 Å². The predicted molar refractivity (Wildman–Crippen MR) is 156 cm³/mol. The van der Waals surface area contributed by atoms with Crippen molar-refractivity contribution in [3.63, 3.8) is 0 Å². The molecule has 1 unspecified atom stereocenters. The number of aromatic nitrogens is 2. The Kier molecular flexibility index (Phi) is 7.98. The van der Waals surface area contributed by atoms with E-state index in [1.54, 1.807) is 27.8 Å². The van der Waals surface area contributed by atoms with E-state index in [9.17, 15) is 17.6 Å². The van der Waals surface area contributed by atoms with Crippen LogP contribution in [0.3, 0.4) is 0 Å². The highest BCUT2D eigenvalue weighted by Gasteiger charge is 2.34. The van der Waals surface area contributed by atoms with Gasteiger partial charge in [-0.1, -0.05) is 56.3 Å². The second-order valence-corrected chi connectivity index (χ2v) is 12.7. The van der Waals surface area contributed by atoms with Crippen LogP contribution < -0.4 is 0 Å². The summed E-state index contributed by atoms with van der Waals surface area (Å²) in [5.74, 6) is -0.184. The monoisotopic (exact) mass is 557 g/mol. The van der Waals surface area contributed by atoms with Gasteiger partial charge in [-0.25, -0.2) is 17.5 Å². The number of amides is 1. The molecule has 1 saturated heterocycles. The SMILES string of the molecule is CC(C)c1ccc(CN(C(=O)/C=C/c2cn(-c3ccccc3)nc2-c2ccc(F)cc2)C2CCS(=O)(=O)C2)cc1. The molecule has 1 aliphatic heterocycles. The number of sulfone groups is 1. The first kappa shape index (κ1) is 27.5. The van der Waals surface area contributed by atoms with Crippen LogP contribution in [0.25, 0.3) is 23.0 Å². The van der Waals surface area contributed by atoms with E-state index < -0.39 is 15.9 Å². The zero-order valence-corrected chi connectivity index (χ0v) is 23.4. The summed E-state index contributed by atoms with van der Waals surface area (Å²) in [6, 6.07) is 23.4. The van der Waals surface area contributed by atoms with Gasteiger partial charge in [-0.05, 0) is 65.9 Å². The number of nitrogens with zero attached hydrogens (tertiary/aromatic N) is 3. The summed E-state index contributed by atoms with van der Waals surface area (Å²) in [4.78, 5) is 15.3. The van der Waals surface area contributed by atoms with Gasteiger partial charge in [-0.15, -0.1) is 0 Å². The van der Waals surface area contributed by atoms with Crippen LogP contribution in [0.2, 0.25) is 0 Å². The summed E-state index contributed by atoms with van der Waals surface area (Å²) < 4.78 is 39.9. The molecular formula is C32H32FN3O3S. The molecule has 1 fully saturated rings. The van der Waals surface area contributed by atoms with Gasteiger partial charge in [0.15, 0.2) is 9.84 Å². The van der Waals surface area contributed by atoms with Crippen molar-refractivity contribution in [1.82, 2.24) is 14.7 Å². The van der Waals surface area contributed by atoms with Crippen LogP contribution in [-0.2, 0) is 21.2 Å². The Morgan fingerprint density at radius 1 is 1.05 bits per heavy atom. The van der Waals surface area contributed by atoms with E-state index in [2.05, 4.69) is 26.0 Å². The molecule has 6 nitrogen and oxygen atoms in total. The lowest BCUT2D eigenvalue weighted by Crippen LogP contribution is -2.39. The Bertz CT molecular complexity index is 1610. The average Bonchev–Trinajstić information content (AvgIpc) is 3.54. The van der Waals surface area contributed by atoms with Gasteiger partial charge in [-0.2, -0.15) is 5.10 Å². The third kappa shape index (κ3) is 6.39. The summed E-state index contributed by atoms with van der Waals surface area (Å²) in [7, 11) is -3.19. The minimum atomic E-state index is -3.19. The van der Waals surface area contributed by atoms with E-state index in [-0.39, 0.29) is 23.2 Å². The van der Waals surface area contributed by atoms with E-state index in [0.29, 0.717) is 35.7 Å². The Hall–Kier alpha value is -4.04. The van der Waals surface area contributed by atoms with Gasteiger partial charge in [0, 0.05) is 36.0 Å². The summed E-state index contributed by atoms with van der Waals surface area (Å²) in [6.45, 7) is 4.56. The van der Waals surface area contributed by atoms with Crippen molar-refractivity contribution in [3.05, 3.63) is 114 Å². The van der Waals surface area contributed by atoms with Crippen LogP contribution >= 0.6 is 0 Å². The highest BCUT2D eigenvalue weighted by molar-refractivity contribution is 7.91. The van der Waals surface area contributed by atoms with Crippen LogP contribution in [0.5, 0.6) is 0 Å². The molecule has 5 rings (SSSR count). The molecule has 0 bridgehead atoms. The highest BCUT2D eigenvalue weighted by atomic mass is 32.2. The minimum Gasteiger partial charge on any atom is -0.331 e. The van der Waals surface area contributed by atoms with Gasteiger partial charge < -0.3 is 4.90 Å². The molecule has 4 aromatic rings. The number of hydrogen-bond donors (Lipinski definition) is 0. The molecule has 40 heavy (non-hydrogen) atoms. The summed E-state index contributed by atoms with van der Waals surface area (Å²) in [6.07, 6.45) is 5.42. The fourth-order valence-electron chi connectivity index (χ4n) is 4.92. The molecular weight excluding hydrogens is 525 g/mol. The van der Waals surface area contributed by atoms with Crippen LogP contribution in [0.4, 0.5) is 4.39 Å². The van der Waals surface area contributed by atoms with Gasteiger partial charge in [0.05, 0.1) is 22.9 Å². The average molecular weight is 558 g/mol. The maximum absolute atomic E-state index is 13.6. The van der Waals surface area contributed by atoms with Gasteiger partial charge in [-0.3, -0.25) is 4.79 Å². The Balaban J connectivity index is 1.46. The smallest absolute Gasteiger partial charge is 0.247 e. The van der Waals surface area contributed by atoms with Crippen LogP contribution in [0, 0.1) is 5.82 Å². The first-order valence-corrected chi connectivity index (χ1v) is 15.2. The number of carbonyl (C=O) groups is 1. The van der Waals surface area contributed by atoms with Gasteiger partial charge in [0.1, 0.15) is 5.82 Å². The molecule has 3 aromatic carbocycles. The molecule has 1 aliphatic rings. The van der Waals surface area contributed by atoms with E-state index in [4.69, 9.17) is 5.10 Å². The van der Waals surface area contributed by atoms with Crippen molar-refractivity contribution in [2.24, 2.45) is 0 Å². The van der Waals surface area contributed by atoms with Gasteiger partial charge in [0.2, 0.25) is 5.91 Å². The van der Waals surface area contributed by atoms with E-state index in [0.717, 1.165) is 11.3 Å². The lowest BCUT2D eigenvalue weighted by atomic mass is 10.0. The molecule has 0 spiro atoms. The molecule has 1 aromatic heterocycles. The quantitative estimate of drug-likeness (QED) is 0.248. The van der Waals surface area contributed by atoms with Crippen molar-refractivity contribution >= 4 is 21.8 Å². The number of para-hydroxylation sites is 1. The van der Waals surface area contributed by atoms with Crippen molar-refractivity contribution < 1.29 is 17.6 Å². The molecule has 0 aliphatic carbocycles. The lowest BCUT2D eigenvalue weighted by molar-refractivity contribution is -0.128. The van der Waals surface area contributed by atoms with Crippen LogP contribution in [-0.4, -0.2) is 46.6 Å². The van der Waals surface area contributed by atoms with Crippen LogP contribution in [0.15, 0.2) is 91.1 Å². The Morgan fingerprint density at radius 2 is 1.75 bits per heavy atom. The lowest BCUT2D eigenvalue weighted by Gasteiger charge is -2.27. The second kappa shape index (κ2) is 11.6. The van der Waals surface area contributed by atoms with Gasteiger partial charge in [0.25, 0.3) is 0 Å². The molecule has 8 heteroatoms. The minimum absolute atomic E-state index is 0.0383. The summed E-state index contributed by atoms with van der Waals surface area (Å²) in [5.41, 5.74) is 5.00. The predicted octanol–water partition coefficient (Wildman–Crippen LogP) is 6.03. The molecule has 0 saturated carbocycles. The molecule has 1 atom stereocenters. The van der Waals surface area contributed by atoms with Crippen LogP contribution in [0.1, 0.15) is 42.9 Å². The van der Waals surface area contributed by atoms with Crippen molar-refractivity contribution in [2.75, 3.05) is 11.5 Å². The summed E-state index contributed by atoms with van der Waals surface area (Å²) in [5, 5.41) is 4.73. The zero-order valence-electron chi connectivity index (χ0n) is 22.6. The topological polar surface area (TPSA) is 72.3 Å². The first-order chi connectivity index (χ1) is 19.2. The highest BCUT2D eigenvalue weighted by Crippen LogP contribution is 2.26. The first-order valence-electron chi connectivity index (χ1n) is 13.4. The Morgan fingerprint density at radius 3 is 2.38 bits per heavy atom. The normalized spacial score (nSPS) is 16.6. The number of hydrogen-bond acceptors (Lipinski definition) is 4. The van der Waals surface area contributed by atoms with Crippen molar-refractivity contribution in [3.8, 4) is 16.9 Å². The third-order valence-electron chi connectivity index (χ3n) is 7.22. The second-order valence-electron chi connectivity index (χ2n) is 10.5. The number of halogens is 1. The molecule has 0 radical (unpaired) electrons. The number of rotatable bonds is 8. The molecule has 0 N–H and O–H groups in total. The Labute approximate surface area is 234 Å². The number of carbonyl (C=O) groups excluding carboxylic acids is 1. The fourth-order valence-corrected chi connectivity index (χ4v) is 6.65. The maximum atomic E-state index is 13.6. The molecule has 1 amide bonds. The number of benzene rings is 3. The molecule has 2 heterocycles. The molecule has 206 valence electrons. The summed E-state index contributed by atoms with van der Waals surface area (Å²) >= 11 is 0. The van der Waals surface area contributed by atoms with Crippen molar-refractivity contribution in [1.29, 1.82) is 0 Å². The van der Waals surface area contributed by atoms with Gasteiger partial charge >= 0.3 is 0 Å². The zero-order chi connectivity index (χ0) is 28.3.